The molecule has 8 heteroatoms. The second kappa shape index (κ2) is 6.06. The summed E-state index contributed by atoms with van der Waals surface area (Å²) in [5.41, 5.74) is 1.50. The van der Waals surface area contributed by atoms with Crippen LogP contribution in [0.15, 0.2) is 18.3 Å². The van der Waals surface area contributed by atoms with E-state index >= 15 is 0 Å². The predicted octanol–water partition coefficient (Wildman–Crippen LogP) is 3.63. The van der Waals surface area contributed by atoms with Gasteiger partial charge in [0.05, 0.1) is 18.6 Å². The molecule has 0 fully saturated rings. The van der Waals surface area contributed by atoms with Gasteiger partial charge in [-0.3, -0.25) is 10.1 Å². The van der Waals surface area contributed by atoms with Gasteiger partial charge in [-0.05, 0) is 12.5 Å². The van der Waals surface area contributed by atoms with Crippen molar-refractivity contribution < 1.29 is 9.66 Å². The Bertz CT molecular complexity index is 645. The molecule has 1 aromatic carbocycles. The Labute approximate surface area is 124 Å². The van der Waals surface area contributed by atoms with Crippen molar-refractivity contribution in [2.75, 3.05) is 12.4 Å². The summed E-state index contributed by atoms with van der Waals surface area (Å²) >= 11 is 7.14. The molecular formula is C12H12ClN3O3S. The van der Waals surface area contributed by atoms with Crippen LogP contribution in [0.25, 0.3) is 0 Å². The fraction of sp³-hybridized carbons (Fsp3) is 0.250. The first kappa shape index (κ1) is 14.5. The first-order valence-electron chi connectivity index (χ1n) is 5.68. The zero-order valence-electron chi connectivity index (χ0n) is 10.8. The fourth-order valence-electron chi connectivity index (χ4n) is 1.72. The maximum absolute atomic E-state index is 10.9. The van der Waals surface area contributed by atoms with E-state index in [1.54, 1.807) is 19.2 Å². The zero-order chi connectivity index (χ0) is 14.7. The van der Waals surface area contributed by atoms with Crippen LogP contribution in [0.4, 0.5) is 11.4 Å². The van der Waals surface area contributed by atoms with Crippen LogP contribution >= 0.6 is 22.9 Å². The Morgan fingerprint density at radius 2 is 2.30 bits per heavy atom. The molecule has 2 rings (SSSR count). The molecule has 1 heterocycles. The smallest absolute Gasteiger partial charge is 0.311 e. The standard InChI is InChI=1S/C12H12ClN3O3S/c1-7-3-10(16(17)18)11(19-2)4-9(7)14-5-8-6-15-12(13)20-8/h3-4,6,14H,5H2,1-2H3. The summed E-state index contributed by atoms with van der Waals surface area (Å²) in [4.78, 5) is 15.4. The number of thiazole rings is 1. The maximum atomic E-state index is 10.9. The molecule has 0 spiro atoms. The van der Waals surface area contributed by atoms with Crippen molar-refractivity contribution in [1.29, 1.82) is 0 Å². The molecule has 6 nitrogen and oxygen atoms in total. The molecule has 0 saturated heterocycles. The number of nitro groups is 1. The van der Waals surface area contributed by atoms with Crippen LogP contribution in [0, 0.1) is 17.0 Å². The second-order valence-electron chi connectivity index (χ2n) is 4.03. The molecular weight excluding hydrogens is 302 g/mol. The molecule has 0 atom stereocenters. The van der Waals surface area contributed by atoms with Gasteiger partial charge in [-0.2, -0.15) is 0 Å². The van der Waals surface area contributed by atoms with E-state index in [1.807, 2.05) is 0 Å². The van der Waals surface area contributed by atoms with Crippen LogP contribution in [0.1, 0.15) is 10.4 Å². The molecule has 0 aliphatic carbocycles. The van der Waals surface area contributed by atoms with Gasteiger partial charge in [0.2, 0.25) is 0 Å². The van der Waals surface area contributed by atoms with Crippen molar-refractivity contribution in [1.82, 2.24) is 4.98 Å². The van der Waals surface area contributed by atoms with E-state index in [2.05, 4.69) is 10.3 Å². The van der Waals surface area contributed by atoms with E-state index in [1.165, 1.54) is 24.5 Å². The number of benzene rings is 1. The molecule has 0 radical (unpaired) electrons. The number of aryl methyl sites for hydroxylation is 1. The SMILES string of the molecule is COc1cc(NCc2cnc(Cl)s2)c(C)cc1[N+](=O)[O-]. The number of hydrogen-bond acceptors (Lipinski definition) is 6. The first-order chi connectivity index (χ1) is 9.51. The quantitative estimate of drug-likeness (QED) is 0.673. The maximum Gasteiger partial charge on any atom is 0.311 e. The lowest BCUT2D eigenvalue weighted by atomic mass is 10.1. The number of aromatic nitrogens is 1. The highest BCUT2D eigenvalue weighted by atomic mass is 35.5. The third-order valence-electron chi connectivity index (χ3n) is 2.70. The van der Waals surface area contributed by atoms with Crippen molar-refractivity contribution >= 4 is 34.3 Å². The van der Waals surface area contributed by atoms with Gasteiger partial charge in [0.25, 0.3) is 0 Å². The highest BCUT2D eigenvalue weighted by molar-refractivity contribution is 7.15. The Morgan fingerprint density at radius 1 is 1.55 bits per heavy atom. The number of hydrogen-bond donors (Lipinski definition) is 1. The van der Waals surface area contributed by atoms with Crippen LogP contribution < -0.4 is 10.1 Å². The third kappa shape index (κ3) is 3.17. The van der Waals surface area contributed by atoms with Crippen LogP contribution in [-0.2, 0) is 6.54 Å². The minimum Gasteiger partial charge on any atom is -0.490 e. The van der Waals surface area contributed by atoms with Crippen molar-refractivity contribution in [3.63, 3.8) is 0 Å². The van der Waals surface area contributed by atoms with Crippen LogP contribution in [0.3, 0.4) is 0 Å². The molecule has 0 amide bonds. The van der Waals surface area contributed by atoms with E-state index in [0.717, 1.165) is 16.1 Å². The predicted molar refractivity (Wildman–Crippen MR) is 78.8 cm³/mol. The minimum absolute atomic E-state index is 0.0450. The van der Waals surface area contributed by atoms with Gasteiger partial charge in [-0.15, -0.1) is 11.3 Å². The van der Waals surface area contributed by atoms with Crippen LogP contribution in [-0.4, -0.2) is 17.0 Å². The second-order valence-corrected chi connectivity index (χ2v) is 5.73. The van der Waals surface area contributed by atoms with Gasteiger partial charge in [-0.25, -0.2) is 4.98 Å². The molecule has 20 heavy (non-hydrogen) atoms. The van der Waals surface area contributed by atoms with Crippen LogP contribution in [0.2, 0.25) is 4.47 Å². The molecule has 0 aliphatic heterocycles. The molecule has 0 aliphatic rings. The van der Waals surface area contributed by atoms with Gasteiger partial charge < -0.3 is 10.1 Å². The van der Waals surface area contributed by atoms with Gasteiger partial charge in [0, 0.05) is 28.9 Å². The molecule has 1 aromatic heterocycles. The number of halogens is 1. The van der Waals surface area contributed by atoms with E-state index in [9.17, 15) is 10.1 Å². The fourth-order valence-corrected chi connectivity index (χ4v) is 2.63. The van der Waals surface area contributed by atoms with Crippen molar-refractivity contribution in [2.24, 2.45) is 0 Å². The highest BCUT2D eigenvalue weighted by Gasteiger charge is 2.17. The number of nitrogens with zero attached hydrogens (tertiary/aromatic N) is 2. The van der Waals surface area contributed by atoms with Crippen LogP contribution in [0.5, 0.6) is 5.75 Å². The largest absolute Gasteiger partial charge is 0.490 e. The van der Waals surface area contributed by atoms with Gasteiger partial charge in [0.1, 0.15) is 0 Å². The Morgan fingerprint density at radius 3 is 2.85 bits per heavy atom. The van der Waals surface area contributed by atoms with E-state index in [-0.39, 0.29) is 11.4 Å². The third-order valence-corrected chi connectivity index (χ3v) is 3.82. The number of nitrogens with one attached hydrogen (secondary N) is 1. The minimum atomic E-state index is -0.460. The summed E-state index contributed by atoms with van der Waals surface area (Å²) in [7, 11) is 1.41. The lowest BCUT2D eigenvalue weighted by Crippen LogP contribution is -2.02. The summed E-state index contributed by atoms with van der Waals surface area (Å²) < 4.78 is 5.53. The van der Waals surface area contributed by atoms with Gasteiger partial charge in [0.15, 0.2) is 10.2 Å². The monoisotopic (exact) mass is 313 g/mol. The molecule has 0 saturated carbocycles. The molecule has 1 N–H and O–H groups in total. The summed E-state index contributed by atoms with van der Waals surface area (Å²) in [6.45, 7) is 2.35. The number of nitro benzene ring substituents is 1. The lowest BCUT2D eigenvalue weighted by molar-refractivity contribution is -0.385. The normalized spacial score (nSPS) is 10.3. The number of ether oxygens (including phenoxy) is 1. The van der Waals surface area contributed by atoms with Crippen molar-refractivity contribution in [3.05, 3.63) is 43.4 Å². The topological polar surface area (TPSA) is 77.3 Å². The number of anilines is 1. The molecule has 106 valence electrons. The van der Waals surface area contributed by atoms with Crippen molar-refractivity contribution in [2.45, 2.75) is 13.5 Å². The molecule has 0 bridgehead atoms. The van der Waals surface area contributed by atoms with Gasteiger partial charge >= 0.3 is 5.69 Å². The Kier molecular flexibility index (Phi) is 4.41. The number of rotatable bonds is 5. The average Bonchev–Trinajstić information content (AvgIpc) is 2.82. The summed E-state index contributed by atoms with van der Waals surface area (Å²) in [6.07, 6.45) is 1.69. The highest BCUT2D eigenvalue weighted by Crippen LogP contribution is 2.33. The molecule has 2 aromatic rings. The van der Waals surface area contributed by atoms with Crippen molar-refractivity contribution in [3.8, 4) is 5.75 Å². The summed E-state index contributed by atoms with van der Waals surface area (Å²) in [5.74, 6) is 0.227. The Balaban J connectivity index is 2.21. The van der Waals surface area contributed by atoms with Gasteiger partial charge in [-0.1, -0.05) is 11.6 Å². The van der Waals surface area contributed by atoms with E-state index in [0.29, 0.717) is 11.0 Å². The van der Waals surface area contributed by atoms with E-state index < -0.39 is 4.92 Å². The number of methoxy groups -OCH3 is 1. The first-order valence-corrected chi connectivity index (χ1v) is 6.88. The summed E-state index contributed by atoms with van der Waals surface area (Å²) in [5, 5.41) is 14.1. The summed E-state index contributed by atoms with van der Waals surface area (Å²) in [6, 6.07) is 3.11. The lowest BCUT2D eigenvalue weighted by Gasteiger charge is -2.10. The Hall–Kier alpha value is -1.86. The zero-order valence-corrected chi connectivity index (χ0v) is 12.4. The molecule has 0 unspecified atom stereocenters. The average molecular weight is 314 g/mol. The van der Waals surface area contributed by atoms with E-state index in [4.69, 9.17) is 16.3 Å².